The number of ether oxygens (including phenoxy) is 1. The van der Waals surface area contributed by atoms with Crippen LogP contribution in [0.1, 0.15) is 81.0 Å². The van der Waals surface area contributed by atoms with Crippen molar-refractivity contribution in [1.82, 2.24) is 15.2 Å². The smallest absolute Gasteiger partial charge is 0.251 e. The van der Waals surface area contributed by atoms with Crippen LogP contribution < -0.4 is 5.32 Å². The summed E-state index contributed by atoms with van der Waals surface area (Å²) < 4.78 is 6.27. The summed E-state index contributed by atoms with van der Waals surface area (Å²) in [6.07, 6.45) is 15.4. The fourth-order valence-corrected chi connectivity index (χ4v) is 5.67. The van der Waals surface area contributed by atoms with Crippen molar-refractivity contribution in [3.8, 4) is 0 Å². The van der Waals surface area contributed by atoms with Crippen LogP contribution in [0.4, 0.5) is 0 Å². The number of hydrogen-bond donors (Lipinski definition) is 1. The number of rotatable bonds is 7. The van der Waals surface area contributed by atoms with Gasteiger partial charge in [-0.1, -0.05) is 25.7 Å². The normalized spacial score (nSPS) is 23.7. The van der Waals surface area contributed by atoms with Crippen LogP contribution in [0, 0.1) is 11.8 Å². The molecule has 1 aromatic rings. The van der Waals surface area contributed by atoms with Crippen molar-refractivity contribution in [2.45, 2.75) is 76.2 Å². The highest BCUT2D eigenvalue weighted by atomic mass is 16.5. The van der Waals surface area contributed by atoms with Gasteiger partial charge in [0.25, 0.3) is 5.91 Å². The predicted molar refractivity (Wildman–Crippen MR) is 120 cm³/mol. The van der Waals surface area contributed by atoms with E-state index in [0.717, 1.165) is 70.6 Å². The number of hydrogen-bond acceptors (Lipinski definition) is 4. The first-order valence-electron chi connectivity index (χ1n) is 12.2. The van der Waals surface area contributed by atoms with Crippen LogP contribution >= 0.6 is 0 Å². The molecule has 0 aromatic carbocycles. The molecule has 1 unspecified atom stereocenters. The Morgan fingerprint density at radius 2 is 1.81 bits per heavy atom. The first-order valence-corrected chi connectivity index (χ1v) is 12.2. The minimum Gasteiger partial charge on any atom is -0.375 e. The zero-order valence-electron chi connectivity index (χ0n) is 18.7. The summed E-state index contributed by atoms with van der Waals surface area (Å²) in [5.74, 6) is 1.65. The van der Waals surface area contributed by atoms with Gasteiger partial charge in [0.1, 0.15) is 0 Å². The minimum atomic E-state index is -0.0692. The first kappa shape index (κ1) is 22.3. The lowest BCUT2D eigenvalue weighted by Gasteiger charge is -2.46. The molecule has 31 heavy (non-hydrogen) atoms. The van der Waals surface area contributed by atoms with E-state index in [4.69, 9.17) is 4.74 Å². The third kappa shape index (κ3) is 6.06. The third-order valence-corrected chi connectivity index (χ3v) is 7.64. The molecule has 1 atom stereocenters. The van der Waals surface area contributed by atoms with Gasteiger partial charge in [-0.3, -0.25) is 14.6 Å². The molecule has 170 valence electrons. The molecule has 6 nitrogen and oxygen atoms in total. The second-order valence-corrected chi connectivity index (χ2v) is 9.74. The van der Waals surface area contributed by atoms with Crippen LogP contribution in [0.25, 0.3) is 0 Å². The van der Waals surface area contributed by atoms with Crippen LogP contribution in [0.2, 0.25) is 0 Å². The Morgan fingerprint density at radius 3 is 2.55 bits per heavy atom. The molecule has 3 aliphatic rings. The number of aromatic nitrogens is 1. The average molecular weight is 428 g/mol. The second-order valence-electron chi connectivity index (χ2n) is 9.74. The number of nitrogens with one attached hydrogen (secondary N) is 1. The van der Waals surface area contributed by atoms with E-state index in [1.54, 1.807) is 24.5 Å². The molecule has 0 radical (unpaired) electrons. The van der Waals surface area contributed by atoms with Crippen LogP contribution in [0.5, 0.6) is 0 Å². The highest BCUT2D eigenvalue weighted by Crippen LogP contribution is 2.39. The van der Waals surface area contributed by atoms with Crippen molar-refractivity contribution < 1.29 is 14.3 Å². The van der Waals surface area contributed by atoms with Gasteiger partial charge >= 0.3 is 0 Å². The lowest BCUT2D eigenvalue weighted by atomic mass is 9.78. The number of likely N-dealkylation sites (tertiary alicyclic amines) is 1. The molecular formula is C25H37N3O3. The second kappa shape index (κ2) is 10.6. The molecule has 2 aliphatic heterocycles. The van der Waals surface area contributed by atoms with Gasteiger partial charge in [0, 0.05) is 50.6 Å². The van der Waals surface area contributed by atoms with E-state index < -0.39 is 0 Å². The maximum absolute atomic E-state index is 12.7. The van der Waals surface area contributed by atoms with Gasteiger partial charge in [-0.2, -0.15) is 0 Å². The summed E-state index contributed by atoms with van der Waals surface area (Å²) in [5.41, 5.74) is 0.587. The van der Waals surface area contributed by atoms with Gasteiger partial charge in [0.2, 0.25) is 5.91 Å². The standard InChI is InChI=1S/C25H37N3O3/c29-23(6-5-20-3-1-2-4-20)28-16-11-25(12-17-28)19-21(10-18-31-25)7-15-27-24(30)22-8-13-26-14-9-22/h8-9,13-14,20-21H,1-7,10-12,15-19H2,(H,27,30). The van der Waals surface area contributed by atoms with E-state index in [1.165, 1.54) is 25.7 Å². The summed E-state index contributed by atoms with van der Waals surface area (Å²) in [6, 6.07) is 3.48. The number of nitrogens with zero attached hydrogens (tertiary/aromatic N) is 2. The van der Waals surface area contributed by atoms with Crippen molar-refractivity contribution in [2.75, 3.05) is 26.2 Å². The van der Waals surface area contributed by atoms with E-state index in [1.807, 2.05) is 0 Å². The maximum Gasteiger partial charge on any atom is 0.251 e. The van der Waals surface area contributed by atoms with Gasteiger partial charge in [0.15, 0.2) is 0 Å². The Balaban J connectivity index is 1.18. The van der Waals surface area contributed by atoms with E-state index >= 15 is 0 Å². The Kier molecular flexibility index (Phi) is 7.59. The van der Waals surface area contributed by atoms with Crippen LogP contribution in [-0.4, -0.2) is 53.5 Å². The van der Waals surface area contributed by atoms with Gasteiger partial charge in [-0.25, -0.2) is 0 Å². The number of carbonyl (C=O) groups excluding carboxylic acids is 2. The van der Waals surface area contributed by atoms with Crippen LogP contribution in [0.3, 0.4) is 0 Å². The molecule has 0 bridgehead atoms. The average Bonchev–Trinajstić information content (AvgIpc) is 3.32. The maximum atomic E-state index is 12.7. The summed E-state index contributed by atoms with van der Waals surface area (Å²) in [7, 11) is 0. The fraction of sp³-hybridized carbons (Fsp3) is 0.720. The fourth-order valence-electron chi connectivity index (χ4n) is 5.67. The monoisotopic (exact) mass is 427 g/mol. The molecule has 1 N–H and O–H groups in total. The number of amides is 2. The van der Waals surface area contributed by atoms with Crippen LogP contribution in [-0.2, 0) is 9.53 Å². The summed E-state index contributed by atoms with van der Waals surface area (Å²) >= 11 is 0. The van der Waals surface area contributed by atoms with Gasteiger partial charge in [-0.05, 0) is 62.5 Å². The molecular weight excluding hydrogens is 390 g/mol. The Morgan fingerprint density at radius 1 is 1.06 bits per heavy atom. The molecule has 1 saturated carbocycles. The third-order valence-electron chi connectivity index (χ3n) is 7.64. The van der Waals surface area contributed by atoms with E-state index in [2.05, 4.69) is 15.2 Å². The van der Waals surface area contributed by atoms with E-state index in [9.17, 15) is 9.59 Å². The van der Waals surface area contributed by atoms with Crippen molar-refractivity contribution in [3.63, 3.8) is 0 Å². The summed E-state index contributed by atoms with van der Waals surface area (Å²) in [4.78, 5) is 30.9. The number of pyridine rings is 1. The van der Waals surface area contributed by atoms with Crippen LogP contribution in [0.15, 0.2) is 24.5 Å². The largest absolute Gasteiger partial charge is 0.375 e. The van der Waals surface area contributed by atoms with E-state index in [0.29, 0.717) is 23.9 Å². The highest BCUT2D eigenvalue weighted by Gasteiger charge is 2.40. The molecule has 2 saturated heterocycles. The minimum absolute atomic E-state index is 0.0337. The van der Waals surface area contributed by atoms with Gasteiger partial charge < -0.3 is 15.0 Å². The number of carbonyl (C=O) groups is 2. The summed E-state index contributed by atoms with van der Waals surface area (Å²) in [5, 5.41) is 3.04. The Bertz CT molecular complexity index is 725. The predicted octanol–water partition coefficient (Wildman–Crippen LogP) is 3.96. The zero-order chi connectivity index (χ0) is 21.5. The molecule has 4 rings (SSSR count). The zero-order valence-corrected chi connectivity index (χ0v) is 18.7. The number of piperidine rings is 1. The lowest BCUT2D eigenvalue weighted by Crippen LogP contribution is -2.51. The molecule has 1 spiro atoms. The van der Waals surface area contributed by atoms with Crippen molar-refractivity contribution in [1.29, 1.82) is 0 Å². The molecule has 6 heteroatoms. The molecule has 2 amide bonds. The topological polar surface area (TPSA) is 71.5 Å². The Labute approximate surface area is 186 Å². The Hall–Kier alpha value is -1.95. The highest BCUT2D eigenvalue weighted by molar-refractivity contribution is 5.93. The van der Waals surface area contributed by atoms with E-state index in [-0.39, 0.29) is 11.5 Å². The molecule has 1 aliphatic carbocycles. The van der Waals surface area contributed by atoms with Crippen molar-refractivity contribution in [3.05, 3.63) is 30.1 Å². The van der Waals surface area contributed by atoms with Crippen molar-refractivity contribution >= 4 is 11.8 Å². The summed E-state index contributed by atoms with van der Waals surface area (Å²) in [6.45, 7) is 3.14. The lowest BCUT2D eigenvalue weighted by molar-refractivity contribution is -0.147. The molecule has 3 fully saturated rings. The van der Waals surface area contributed by atoms with Gasteiger partial charge in [-0.15, -0.1) is 0 Å². The van der Waals surface area contributed by atoms with Gasteiger partial charge in [0.05, 0.1) is 5.60 Å². The molecule has 1 aromatic heterocycles. The molecule has 3 heterocycles. The first-order chi connectivity index (χ1) is 15.1. The SMILES string of the molecule is O=C(NCCC1CCOC2(CCN(C(=O)CCC3CCCC3)CC2)C1)c1ccncc1. The quantitative estimate of drug-likeness (QED) is 0.715. The van der Waals surface area contributed by atoms with Crippen molar-refractivity contribution in [2.24, 2.45) is 11.8 Å².